The third-order valence-electron chi connectivity index (χ3n) is 14.3. The molecule has 1 saturated heterocycles. The lowest BCUT2D eigenvalue weighted by molar-refractivity contribution is -0.302. The molecule has 0 aromatic heterocycles. The summed E-state index contributed by atoms with van der Waals surface area (Å²) in [6.07, 6.45) is 55.9. The standard InChI is InChI=1S/C59H113NO8/c1-3-5-7-9-11-13-15-16-17-18-19-20-21-22-23-24-25-26-27-28-29-30-31-32-33-34-35-36-37-38-39-41-43-45-47-49-55(63)60-52(51-67-59-58(66)57(65)56(64)54(50-61)68-59)53(62)48-46-44-42-40-14-12-10-8-6-4-2/h14,40,46,48,52-54,56-59,61-62,64-66H,3-13,15-39,41-45,47,49-51H2,1-2H3,(H,60,63)/b40-14+,48-46+. The Bertz CT molecular complexity index is 1120. The summed E-state index contributed by atoms with van der Waals surface area (Å²) in [5, 5.41) is 54.2. The molecular formula is C59H113NO8. The Kier molecular flexibility index (Phi) is 46.9. The summed E-state index contributed by atoms with van der Waals surface area (Å²) in [5.74, 6) is -0.183. The summed E-state index contributed by atoms with van der Waals surface area (Å²) in [7, 11) is 0. The summed E-state index contributed by atoms with van der Waals surface area (Å²) in [5.41, 5.74) is 0. The van der Waals surface area contributed by atoms with Crippen LogP contribution in [0, 0.1) is 0 Å². The lowest BCUT2D eigenvalue weighted by atomic mass is 9.99. The minimum atomic E-state index is -1.57. The van der Waals surface area contributed by atoms with Crippen LogP contribution in [0.4, 0.5) is 0 Å². The van der Waals surface area contributed by atoms with Crippen molar-refractivity contribution in [2.45, 2.75) is 333 Å². The number of hydrogen-bond acceptors (Lipinski definition) is 8. The molecule has 1 amide bonds. The third kappa shape index (κ3) is 38.4. The zero-order valence-corrected chi connectivity index (χ0v) is 44.6. The van der Waals surface area contributed by atoms with E-state index in [1.54, 1.807) is 6.08 Å². The van der Waals surface area contributed by atoms with Gasteiger partial charge >= 0.3 is 0 Å². The Labute approximate surface area is 419 Å². The first-order valence-corrected chi connectivity index (χ1v) is 29.6. The number of aliphatic hydroxyl groups excluding tert-OH is 5. The fraction of sp³-hybridized carbons (Fsp3) is 0.915. The highest BCUT2D eigenvalue weighted by Gasteiger charge is 2.44. The van der Waals surface area contributed by atoms with Crippen LogP contribution < -0.4 is 5.32 Å². The lowest BCUT2D eigenvalue weighted by Crippen LogP contribution is -2.60. The van der Waals surface area contributed by atoms with E-state index in [0.717, 1.165) is 38.5 Å². The lowest BCUT2D eigenvalue weighted by Gasteiger charge is -2.40. The van der Waals surface area contributed by atoms with Gasteiger partial charge in [0.05, 0.1) is 25.4 Å². The van der Waals surface area contributed by atoms with Crippen LogP contribution in [-0.4, -0.2) is 87.5 Å². The summed E-state index contributed by atoms with van der Waals surface area (Å²) in [6, 6.07) is -0.816. The second-order valence-corrected chi connectivity index (χ2v) is 20.8. The van der Waals surface area contributed by atoms with Gasteiger partial charge in [0.15, 0.2) is 6.29 Å². The van der Waals surface area contributed by atoms with Gasteiger partial charge in [0, 0.05) is 6.42 Å². The molecule has 0 bridgehead atoms. The van der Waals surface area contributed by atoms with Crippen LogP contribution in [0.1, 0.15) is 290 Å². The zero-order chi connectivity index (χ0) is 49.4. The van der Waals surface area contributed by atoms with Gasteiger partial charge in [0.2, 0.25) is 5.91 Å². The van der Waals surface area contributed by atoms with E-state index < -0.39 is 49.5 Å². The van der Waals surface area contributed by atoms with Crippen molar-refractivity contribution in [2.24, 2.45) is 0 Å². The normalized spacial score (nSPS) is 19.7. The van der Waals surface area contributed by atoms with E-state index in [1.165, 1.54) is 231 Å². The highest BCUT2D eigenvalue weighted by atomic mass is 16.7. The number of aliphatic hydroxyl groups is 5. The minimum absolute atomic E-state index is 0.183. The van der Waals surface area contributed by atoms with Gasteiger partial charge in [0.1, 0.15) is 24.4 Å². The number of unbranched alkanes of at least 4 members (excludes halogenated alkanes) is 39. The maximum atomic E-state index is 13.0. The molecule has 402 valence electrons. The predicted molar refractivity (Wildman–Crippen MR) is 286 cm³/mol. The van der Waals surface area contributed by atoms with E-state index in [2.05, 4.69) is 31.3 Å². The summed E-state index contributed by atoms with van der Waals surface area (Å²) in [6.45, 7) is 3.75. The molecule has 1 aliphatic heterocycles. The predicted octanol–water partition coefficient (Wildman–Crippen LogP) is 14.6. The molecule has 1 rings (SSSR count). The zero-order valence-electron chi connectivity index (χ0n) is 44.6. The molecule has 6 N–H and O–H groups in total. The second-order valence-electron chi connectivity index (χ2n) is 20.8. The van der Waals surface area contributed by atoms with Crippen molar-refractivity contribution in [3.05, 3.63) is 24.3 Å². The Morgan fingerprint density at radius 1 is 0.485 bits per heavy atom. The number of carbonyl (C=O) groups excluding carboxylic acids is 1. The maximum absolute atomic E-state index is 13.0. The molecule has 0 saturated carbocycles. The Morgan fingerprint density at radius 3 is 1.24 bits per heavy atom. The molecule has 1 heterocycles. The third-order valence-corrected chi connectivity index (χ3v) is 14.3. The highest BCUT2D eigenvalue weighted by molar-refractivity contribution is 5.76. The van der Waals surface area contributed by atoms with E-state index >= 15 is 0 Å². The van der Waals surface area contributed by atoms with Gasteiger partial charge in [-0.15, -0.1) is 0 Å². The average Bonchev–Trinajstić information content (AvgIpc) is 3.34. The molecule has 0 aliphatic carbocycles. The van der Waals surface area contributed by atoms with Crippen molar-refractivity contribution in [3.8, 4) is 0 Å². The van der Waals surface area contributed by atoms with Gasteiger partial charge in [-0.2, -0.15) is 0 Å². The Balaban J connectivity index is 2.03. The number of amides is 1. The summed E-state index contributed by atoms with van der Waals surface area (Å²) < 4.78 is 11.2. The number of carbonyl (C=O) groups is 1. The maximum Gasteiger partial charge on any atom is 0.220 e. The van der Waals surface area contributed by atoms with Gasteiger partial charge in [-0.3, -0.25) is 4.79 Å². The van der Waals surface area contributed by atoms with Crippen molar-refractivity contribution < 1.29 is 39.8 Å². The quantitative estimate of drug-likeness (QED) is 0.0261. The fourth-order valence-electron chi connectivity index (χ4n) is 9.59. The molecule has 7 unspecified atom stereocenters. The van der Waals surface area contributed by atoms with Gasteiger partial charge in [-0.1, -0.05) is 276 Å². The Hall–Kier alpha value is -1.33. The summed E-state index contributed by atoms with van der Waals surface area (Å²) in [4.78, 5) is 13.0. The van der Waals surface area contributed by atoms with Gasteiger partial charge in [-0.25, -0.2) is 0 Å². The minimum Gasteiger partial charge on any atom is -0.394 e. The fourth-order valence-corrected chi connectivity index (χ4v) is 9.59. The van der Waals surface area contributed by atoms with Crippen molar-refractivity contribution in [1.82, 2.24) is 5.32 Å². The summed E-state index contributed by atoms with van der Waals surface area (Å²) >= 11 is 0. The van der Waals surface area contributed by atoms with E-state index in [4.69, 9.17) is 9.47 Å². The number of ether oxygens (including phenoxy) is 2. The molecule has 0 radical (unpaired) electrons. The van der Waals surface area contributed by atoms with Gasteiger partial charge in [-0.05, 0) is 32.1 Å². The first kappa shape index (κ1) is 64.7. The van der Waals surface area contributed by atoms with Gasteiger partial charge in [0.25, 0.3) is 0 Å². The molecular weight excluding hydrogens is 851 g/mol. The highest BCUT2D eigenvalue weighted by Crippen LogP contribution is 2.23. The molecule has 1 aliphatic rings. The van der Waals surface area contributed by atoms with Crippen LogP contribution in [0.15, 0.2) is 24.3 Å². The molecule has 0 aromatic carbocycles. The largest absolute Gasteiger partial charge is 0.394 e. The first-order chi connectivity index (χ1) is 33.3. The smallest absolute Gasteiger partial charge is 0.220 e. The molecule has 7 atom stereocenters. The average molecular weight is 965 g/mol. The number of hydrogen-bond donors (Lipinski definition) is 6. The number of allylic oxidation sites excluding steroid dienone is 3. The van der Waals surface area contributed by atoms with Gasteiger partial charge < -0.3 is 40.3 Å². The van der Waals surface area contributed by atoms with Crippen molar-refractivity contribution in [2.75, 3.05) is 13.2 Å². The van der Waals surface area contributed by atoms with E-state index in [9.17, 15) is 30.3 Å². The molecule has 9 heteroatoms. The Morgan fingerprint density at radius 2 is 0.838 bits per heavy atom. The molecule has 68 heavy (non-hydrogen) atoms. The number of nitrogens with one attached hydrogen (secondary N) is 1. The van der Waals surface area contributed by atoms with E-state index in [-0.39, 0.29) is 12.5 Å². The van der Waals surface area contributed by atoms with Crippen LogP contribution in [0.5, 0.6) is 0 Å². The molecule has 0 aromatic rings. The van der Waals surface area contributed by atoms with Crippen LogP contribution in [-0.2, 0) is 14.3 Å². The topological polar surface area (TPSA) is 149 Å². The first-order valence-electron chi connectivity index (χ1n) is 29.6. The van der Waals surface area contributed by atoms with Crippen molar-refractivity contribution in [1.29, 1.82) is 0 Å². The van der Waals surface area contributed by atoms with Crippen LogP contribution in [0.25, 0.3) is 0 Å². The monoisotopic (exact) mass is 964 g/mol. The molecule has 0 spiro atoms. The van der Waals surface area contributed by atoms with E-state index in [1.807, 2.05) is 6.08 Å². The van der Waals surface area contributed by atoms with E-state index in [0.29, 0.717) is 6.42 Å². The molecule has 1 fully saturated rings. The van der Waals surface area contributed by atoms with Crippen LogP contribution in [0.2, 0.25) is 0 Å². The van der Waals surface area contributed by atoms with Crippen LogP contribution >= 0.6 is 0 Å². The van der Waals surface area contributed by atoms with Crippen molar-refractivity contribution in [3.63, 3.8) is 0 Å². The number of rotatable bonds is 51. The molecule has 9 nitrogen and oxygen atoms in total. The second kappa shape index (κ2) is 49.3. The van der Waals surface area contributed by atoms with Crippen LogP contribution in [0.3, 0.4) is 0 Å². The SMILES string of the molecule is CCCCCC/C=C/CC/C=C/C(O)C(COC1OC(CO)C(O)C(O)C1O)NC(=O)CCCCCCCCCCCCCCCCCCCCCCCCCCCCCCCCCCCCC. The van der Waals surface area contributed by atoms with Crippen molar-refractivity contribution >= 4 is 5.91 Å².